The molecular weight excluding hydrogens is 190 g/mol. The van der Waals surface area contributed by atoms with E-state index in [1.165, 1.54) is 0 Å². The third-order valence-electron chi connectivity index (χ3n) is 2.70. The van der Waals surface area contributed by atoms with Gasteiger partial charge < -0.3 is 15.0 Å². The summed E-state index contributed by atoms with van der Waals surface area (Å²) in [6.45, 7) is 4.78. The smallest absolute Gasteiger partial charge is 0.0744 e. The molecule has 82 valence electrons. The molecule has 1 aromatic carbocycles. The van der Waals surface area contributed by atoms with Crippen molar-refractivity contribution in [3.63, 3.8) is 0 Å². The van der Waals surface area contributed by atoms with E-state index >= 15 is 0 Å². The second-order valence-corrected chi connectivity index (χ2v) is 4.57. The van der Waals surface area contributed by atoms with Gasteiger partial charge in [0.25, 0.3) is 0 Å². The second-order valence-electron chi connectivity index (χ2n) is 4.57. The van der Waals surface area contributed by atoms with Gasteiger partial charge in [0.2, 0.25) is 0 Å². The minimum Gasteiger partial charge on any atom is -0.785 e. The Labute approximate surface area is 90.2 Å². The molecule has 1 aliphatic heterocycles. The summed E-state index contributed by atoms with van der Waals surface area (Å²) in [5.41, 5.74) is 0.704. The van der Waals surface area contributed by atoms with Crippen LogP contribution < -0.4 is 0 Å². The minimum absolute atomic E-state index is 0.153. The fourth-order valence-electron chi connectivity index (χ4n) is 1.86. The van der Waals surface area contributed by atoms with Gasteiger partial charge in [-0.05, 0) is 19.4 Å². The van der Waals surface area contributed by atoms with Crippen molar-refractivity contribution in [3.8, 4) is 0 Å². The molecule has 0 saturated carbocycles. The van der Waals surface area contributed by atoms with E-state index < -0.39 is 0 Å². The topological polar surface area (TPSA) is 35.5 Å². The number of hydroxylamine groups is 2. The molecule has 1 fully saturated rings. The molecule has 0 amide bonds. The van der Waals surface area contributed by atoms with Gasteiger partial charge in [0.1, 0.15) is 0 Å². The van der Waals surface area contributed by atoms with Gasteiger partial charge in [-0.2, -0.15) is 0 Å². The van der Waals surface area contributed by atoms with Gasteiger partial charge in [0.15, 0.2) is 0 Å². The molecule has 1 heterocycles. The van der Waals surface area contributed by atoms with E-state index in [1.54, 1.807) is 0 Å². The summed E-state index contributed by atoms with van der Waals surface area (Å²) in [5, 5.41) is 13.0. The Bertz CT molecular complexity index is 324. The molecule has 1 aromatic rings. The van der Waals surface area contributed by atoms with Gasteiger partial charge in [-0.25, -0.2) is 0 Å². The molecule has 1 saturated heterocycles. The standard InChI is InChI=1S/C12H16NO2/c1-12(2)9-13(14)11(8-15-12)10-6-4-3-5-7-10/h3-7,11H,8-9H2,1-2H3/q-1. The molecule has 2 rings (SSSR count). The fourth-order valence-corrected chi connectivity index (χ4v) is 1.86. The van der Waals surface area contributed by atoms with Crippen molar-refractivity contribution < 1.29 is 4.74 Å². The first-order chi connectivity index (χ1) is 7.08. The SMILES string of the molecule is CC1(C)CN([O-])C(c2ccccc2)CO1. The lowest BCUT2D eigenvalue weighted by atomic mass is 10.0. The molecule has 0 spiro atoms. The van der Waals surface area contributed by atoms with E-state index in [0.29, 0.717) is 13.2 Å². The van der Waals surface area contributed by atoms with Crippen LogP contribution in [-0.2, 0) is 4.74 Å². The third kappa shape index (κ3) is 2.37. The van der Waals surface area contributed by atoms with Gasteiger partial charge in [0.05, 0.1) is 12.2 Å². The summed E-state index contributed by atoms with van der Waals surface area (Å²) in [6.07, 6.45) is 0. The summed E-state index contributed by atoms with van der Waals surface area (Å²) < 4.78 is 5.66. The zero-order chi connectivity index (χ0) is 10.9. The van der Waals surface area contributed by atoms with Crippen LogP contribution in [0.25, 0.3) is 0 Å². The van der Waals surface area contributed by atoms with Crippen LogP contribution in [-0.4, -0.2) is 23.8 Å². The lowest BCUT2D eigenvalue weighted by molar-refractivity contribution is -0.101. The van der Waals surface area contributed by atoms with Crippen molar-refractivity contribution in [1.82, 2.24) is 5.06 Å². The van der Waals surface area contributed by atoms with Gasteiger partial charge >= 0.3 is 0 Å². The molecular formula is C12H16NO2-. The summed E-state index contributed by atoms with van der Waals surface area (Å²) in [5.74, 6) is 0. The number of hydrogen-bond donors (Lipinski definition) is 0. The van der Waals surface area contributed by atoms with Crippen LogP contribution in [0.1, 0.15) is 25.5 Å². The summed E-state index contributed by atoms with van der Waals surface area (Å²) in [4.78, 5) is 0. The Morgan fingerprint density at radius 1 is 1.33 bits per heavy atom. The second kappa shape index (κ2) is 3.93. The maximum atomic E-state index is 11.8. The molecule has 15 heavy (non-hydrogen) atoms. The van der Waals surface area contributed by atoms with Gasteiger partial charge in [-0.3, -0.25) is 0 Å². The van der Waals surface area contributed by atoms with E-state index in [9.17, 15) is 5.21 Å². The quantitative estimate of drug-likeness (QED) is 0.707. The first-order valence-electron chi connectivity index (χ1n) is 5.21. The molecule has 0 radical (unpaired) electrons. The highest BCUT2D eigenvalue weighted by Crippen LogP contribution is 2.29. The van der Waals surface area contributed by atoms with E-state index in [0.717, 1.165) is 10.6 Å². The maximum absolute atomic E-state index is 11.8. The normalized spacial score (nSPS) is 26.5. The highest BCUT2D eigenvalue weighted by molar-refractivity contribution is 5.20. The third-order valence-corrected chi connectivity index (χ3v) is 2.70. The van der Waals surface area contributed by atoms with E-state index in [1.807, 2.05) is 44.2 Å². The number of benzene rings is 1. The van der Waals surface area contributed by atoms with Crippen LogP contribution in [0.5, 0.6) is 0 Å². The average molecular weight is 206 g/mol. The van der Waals surface area contributed by atoms with Crippen molar-refractivity contribution in [2.45, 2.75) is 25.5 Å². The molecule has 3 nitrogen and oxygen atoms in total. The van der Waals surface area contributed by atoms with Crippen LogP contribution in [0, 0.1) is 5.21 Å². The van der Waals surface area contributed by atoms with Crippen molar-refractivity contribution in [1.29, 1.82) is 0 Å². The van der Waals surface area contributed by atoms with Crippen LogP contribution in [0.15, 0.2) is 30.3 Å². The van der Waals surface area contributed by atoms with E-state index in [2.05, 4.69) is 0 Å². The molecule has 1 unspecified atom stereocenters. The van der Waals surface area contributed by atoms with Crippen molar-refractivity contribution in [2.75, 3.05) is 13.2 Å². The Morgan fingerprint density at radius 2 is 2.00 bits per heavy atom. The number of morpholine rings is 1. The summed E-state index contributed by atoms with van der Waals surface area (Å²) >= 11 is 0. The number of rotatable bonds is 1. The number of hydrogen-bond acceptors (Lipinski definition) is 3. The van der Waals surface area contributed by atoms with E-state index in [-0.39, 0.29) is 11.6 Å². The molecule has 0 aromatic heterocycles. The van der Waals surface area contributed by atoms with Crippen molar-refractivity contribution >= 4 is 0 Å². The van der Waals surface area contributed by atoms with Crippen LogP contribution in [0.2, 0.25) is 0 Å². The van der Waals surface area contributed by atoms with Crippen LogP contribution >= 0.6 is 0 Å². The first kappa shape index (κ1) is 10.6. The zero-order valence-corrected chi connectivity index (χ0v) is 9.14. The Balaban J connectivity index is 2.13. The lowest BCUT2D eigenvalue weighted by Crippen LogP contribution is -2.47. The van der Waals surface area contributed by atoms with Crippen LogP contribution in [0.4, 0.5) is 0 Å². The summed E-state index contributed by atoms with van der Waals surface area (Å²) in [6, 6.07) is 9.63. The molecule has 0 N–H and O–H groups in total. The fraction of sp³-hybridized carbons (Fsp3) is 0.500. The van der Waals surface area contributed by atoms with Gasteiger partial charge in [-0.15, -0.1) is 0 Å². The zero-order valence-electron chi connectivity index (χ0n) is 9.14. The van der Waals surface area contributed by atoms with Crippen molar-refractivity contribution in [3.05, 3.63) is 41.1 Å². The Morgan fingerprint density at radius 3 is 2.60 bits per heavy atom. The largest absolute Gasteiger partial charge is 0.785 e. The molecule has 0 aliphatic carbocycles. The molecule has 3 heteroatoms. The summed E-state index contributed by atoms with van der Waals surface area (Å²) in [7, 11) is 0. The Hall–Kier alpha value is -0.900. The Kier molecular flexibility index (Phi) is 2.78. The molecule has 1 atom stereocenters. The first-order valence-corrected chi connectivity index (χ1v) is 5.21. The maximum Gasteiger partial charge on any atom is 0.0744 e. The van der Waals surface area contributed by atoms with Gasteiger partial charge in [0, 0.05) is 12.6 Å². The predicted octanol–water partition coefficient (Wildman–Crippen LogP) is 2.34. The van der Waals surface area contributed by atoms with Crippen LogP contribution in [0.3, 0.4) is 0 Å². The van der Waals surface area contributed by atoms with Crippen molar-refractivity contribution in [2.24, 2.45) is 0 Å². The predicted molar refractivity (Wildman–Crippen MR) is 59.3 cm³/mol. The number of nitrogens with zero attached hydrogens (tertiary/aromatic N) is 1. The lowest BCUT2D eigenvalue weighted by Gasteiger charge is -2.48. The monoisotopic (exact) mass is 206 g/mol. The molecule has 1 aliphatic rings. The highest BCUT2D eigenvalue weighted by atomic mass is 16.5. The number of ether oxygens (including phenoxy) is 1. The highest BCUT2D eigenvalue weighted by Gasteiger charge is 2.29. The minimum atomic E-state index is -0.326. The molecule has 0 bridgehead atoms. The van der Waals surface area contributed by atoms with Gasteiger partial charge in [-0.1, -0.05) is 30.3 Å². The van der Waals surface area contributed by atoms with E-state index in [4.69, 9.17) is 4.74 Å². The average Bonchev–Trinajstić information content (AvgIpc) is 2.17.